The highest BCUT2D eigenvalue weighted by molar-refractivity contribution is 9.10. The maximum absolute atomic E-state index is 4.49. The maximum Gasteiger partial charge on any atom is 0.0422 e. The molecular formula is C16H19BrN2. The number of benzene rings is 1. The van der Waals surface area contributed by atoms with Gasteiger partial charge in [0.05, 0.1) is 0 Å². The molecule has 1 atom stereocenters. The van der Waals surface area contributed by atoms with Crippen LogP contribution in [0.4, 0.5) is 0 Å². The third-order valence-corrected chi connectivity index (χ3v) is 3.84. The van der Waals surface area contributed by atoms with Crippen LogP contribution >= 0.6 is 15.9 Å². The van der Waals surface area contributed by atoms with Crippen LogP contribution in [0.3, 0.4) is 0 Å². The van der Waals surface area contributed by atoms with Crippen LogP contribution in [0, 0.1) is 13.8 Å². The second kappa shape index (κ2) is 6.31. The normalized spacial score (nSPS) is 12.4. The average Bonchev–Trinajstić information content (AvgIpc) is 2.41. The fourth-order valence-corrected chi connectivity index (χ4v) is 2.56. The molecule has 2 nitrogen and oxygen atoms in total. The van der Waals surface area contributed by atoms with Gasteiger partial charge in [-0.2, -0.15) is 0 Å². The van der Waals surface area contributed by atoms with E-state index in [0.29, 0.717) is 0 Å². The Kier molecular flexibility index (Phi) is 4.72. The van der Waals surface area contributed by atoms with Gasteiger partial charge in [-0.15, -0.1) is 0 Å². The Hall–Kier alpha value is -1.19. The number of hydrogen-bond donors (Lipinski definition) is 1. The zero-order chi connectivity index (χ0) is 13.8. The van der Waals surface area contributed by atoms with E-state index in [1.165, 1.54) is 16.7 Å². The van der Waals surface area contributed by atoms with Crippen molar-refractivity contribution in [2.75, 3.05) is 7.05 Å². The van der Waals surface area contributed by atoms with Crippen molar-refractivity contribution in [3.63, 3.8) is 0 Å². The summed E-state index contributed by atoms with van der Waals surface area (Å²) in [5.41, 5.74) is 4.93. The summed E-state index contributed by atoms with van der Waals surface area (Å²) in [5.74, 6) is 0. The van der Waals surface area contributed by atoms with Crippen LogP contribution in [-0.4, -0.2) is 12.0 Å². The molecule has 0 saturated carbocycles. The molecule has 0 amide bonds. The van der Waals surface area contributed by atoms with Gasteiger partial charge >= 0.3 is 0 Å². The van der Waals surface area contributed by atoms with E-state index in [4.69, 9.17) is 0 Å². The molecule has 1 unspecified atom stereocenters. The van der Waals surface area contributed by atoms with Crippen molar-refractivity contribution < 1.29 is 0 Å². The minimum absolute atomic E-state index is 0.285. The van der Waals surface area contributed by atoms with Crippen LogP contribution in [0.15, 0.2) is 41.0 Å². The number of aromatic nitrogens is 1. The second-order valence-corrected chi connectivity index (χ2v) is 5.79. The largest absolute Gasteiger partial charge is 0.313 e. The monoisotopic (exact) mass is 318 g/mol. The first kappa shape index (κ1) is 14.2. The molecule has 2 rings (SSSR count). The molecule has 0 spiro atoms. The molecule has 100 valence electrons. The van der Waals surface area contributed by atoms with Crippen molar-refractivity contribution in [3.8, 4) is 0 Å². The van der Waals surface area contributed by atoms with E-state index in [1.54, 1.807) is 0 Å². The Morgan fingerprint density at radius 3 is 2.63 bits per heavy atom. The summed E-state index contributed by atoms with van der Waals surface area (Å²) in [6, 6.07) is 10.9. The first-order valence-corrected chi connectivity index (χ1v) is 7.24. The SMILES string of the molecule is CNC(Cc1ccc(C)cn1)c1cc(Br)ccc1C. The fourth-order valence-electron chi connectivity index (χ4n) is 2.18. The van der Waals surface area contributed by atoms with Gasteiger partial charge in [0.15, 0.2) is 0 Å². The number of rotatable bonds is 4. The first-order chi connectivity index (χ1) is 9.10. The Morgan fingerprint density at radius 1 is 1.21 bits per heavy atom. The van der Waals surface area contributed by atoms with Crippen molar-refractivity contribution in [1.29, 1.82) is 0 Å². The van der Waals surface area contributed by atoms with Gasteiger partial charge in [-0.25, -0.2) is 0 Å². The quantitative estimate of drug-likeness (QED) is 0.922. The second-order valence-electron chi connectivity index (χ2n) is 4.87. The van der Waals surface area contributed by atoms with Crippen LogP contribution in [0.1, 0.15) is 28.4 Å². The molecule has 0 fully saturated rings. The molecule has 0 aliphatic heterocycles. The molecule has 19 heavy (non-hydrogen) atoms. The summed E-state index contributed by atoms with van der Waals surface area (Å²) in [6.45, 7) is 4.21. The highest BCUT2D eigenvalue weighted by Gasteiger charge is 2.13. The molecule has 3 heteroatoms. The number of nitrogens with one attached hydrogen (secondary N) is 1. The van der Waals surface area contributed by atoms with E-state index >= 15 is 0 Å². The zero-order valence-corrected chi connectivity index (χ0v) is 13.2. The van der Waals surface area contributed by atoms with E-state index < -0.39 is 0 Å². The number of hydrogen-bond acceptors (Lipinski definition) is 2. The highest BCUT2D eigenvalue weighted by Crippen LogP contribution is 2.24. The number of pyridine rings is 1. The molecule has 0 aliphatic rings. The average molecular weight is 319 g/mol. The molecule has 0 saturated heterocycles. The van der Waals surface area contributed by atoms with Gasteiger partial charge < -0.3 is 5.32 Å². The number of aryl methyl sites for hydroxylation is 2. The molecule has 1 heterocycles. The molecule has 2 aromatic rings. The molecule has 1 aromatic carbocycles. The summed E-state index contributed by atoms with van der Waals surface area (Å²) < 4.78 is 1.12. The smallest absolute Gasteiger partial charge is 0.0422 e. The van der Waals surface area contributed by atoms with Crippen molar-refractivity contribution in [2.45, 2.75) is 26.3 Å². The van der Waals surface area contributed by atoms with Gasteiger partial charge in [0, 0.05) is 28.8 Å². The van der Waals surface area contributed by atoms with Gasteiger partial charge in [0.2, 0.25) is 0 Å². The molecule has 1 N–H and O–H groups in total. The maximum atomic E-state index is 4.49. The molecular weight excluding hydrogens is 300 g/mol. The van der Waals surface area contributed by atoms with Crippen molar-refractivity contribution in [2.24, 2.45) is 0 Å². The summed E-state index contributed by atoms with van der Waals surface area (Å²) in [7, 11) is 2.00. The lowest BCUT2D eigenvalue weighted by atomic mass is 9.97. The summed E-state index contributed by atoms with van der Waals surface area (Å²) in [4.78, 5) is 4.49. The number of likely N-dealkylation sites (N-methyl/N-ethyl adjacent to an activating group) is 1. The van der Waals surface area contributed by atoms with Gasteiger partial charge in [-0.3, -0.25) is 4.98 Å². The van der Waals surface area contributed by atoms with Crippen LogP contribution in [-0.2, 0) is 6.42 Å². The predicted octanol–water partition coefficient (Wildman–Crippen LogP) is 3.96. The minimum Gasteiger partial charge on any atom is -0.313 e. The lowest BCUT2D eigenvalue weighted by Gasteiger charge is -2.19. The fraction of sp³-hybridized carbons (Fsp3) is 0.312. The third-order valence-electron chi connectivity index (χ3n) is 3.35. The van der Waals surface area contributed by atoms with Crippen molar-refractivity contribution in [1.82, 2.24) is 10.3 Å². The van der Waals surface area contributed by atoms with E-state index in [1.807, 2.05) is 13.2 Å². The van der Waals surface area contributed by atoms with Gasteiger partial charge in [0.1, 0.15) is 0 Å². The van der Waals surface area contributed by atoms with Gasteiger partial charge in [-0.05, 0) is 55.8 Å². The van der Waals surface area contributed by atoms with Crippen LogP contribution in [0.5, 0.6) is 0 Å². The van der Waals surface area contributed by atoms with E-state index in [2.05, 4.69) is 70.4 Å². The summed E-state index contributed by atoms with van der Waals surface area (Å²) >= 11 is 3.55. The molecule has 0 aliphatic carbocycles. The summed E-state index contributed by atoms with van der Waals surface area (Å²) in [6.07, 6.45) is 2.82. The zero-order valence-electron chi connectivity index (χ0n) is 11.6. The first-order valence-electron chi connectivity index (χ1n) is 6.45. The van der Waals surface area contributed by atoms with Gasteiger partial charge in [0.25, 0.3) is 0 Å². The predicted molar refractivity (Wildman–Crippen MR) is 83.4 cm³/mol. The third kappa shape index (κ3) is 3.64. The van der Waals surface area contributed by atoms with Crippen LogP contribution < -0.4 is 5.32 Å². The molecule has 0 bridgehead atoms. The molecule has 0 radical (unpaired) electrons. The minimum atomic E-state index is 0.285. The highest BCUT2D eigenvalue weighted by atomic mass is 79.9. The summed E-state index contributed by atoms with van der Waals surface area (Å²) in [5, 5.41) is 3.39. The Labute approximate surface area is 123 Å². The van der Waals surface area contributed by atoms with E-state index in [-0.39, 0.29) is 6.04 Å². The van der Waals surface area contributed by atoms with E-state index in [9.17, 15) is 0 Å². The standard InChI is InChI=1S/C16H19BrN2/c1-11-4-7-14(19-10-11)9-16(18-3)15-8-13(17)6-5-12(15)2/h4-8,10,16,18H,9H2,1-3H3. The lowest BCUT2D eigenvalue weighted by Crippen LogP contribution is -2.20. The van der Waals surface area contributed by atoms with Crippen molar-refractivity contribution >= 4 is 15.9 Å². The van der Waals surface area contributed by atoms with Gasteiger partial charge in [-0.1, -0.05) is 28.1 Å². The number of nitrogens with zero attached hydrogens (tertiary/aromatic N) is 1. The Bertz CT molecular complexity index is 549. The Morgan fingerprint density at radius 2 is 2.00 bits per heavy atom. The lowest BCUT2D eigenvalue weighted by molar-refractivity contribution is 0.581. The van der Waals surface area contributed by atoms with Crippen molar-refractivity contribution in [3.05, 3.63) is 63.4 Å². The van der Waals surface area contributed by atoms with Crippen LogP contribution in [0.25, 0.3) is 0 Å². The molecule has 1 aromatic heterocycles. The van der Waals surface area contributed by atoms with E-state index in [0.717, 1.165) is 16.6 Å². The Balaban J connectivity index is 2.24. The van der Waals surface area contributed by atoms with Crippen LogP contribution in [0.2, 0.25) is 0 Å². The number of halogens is 1. The topological polar surface area (TPSA) is 24.9 Å².